The van der Waals surface area contributed by atoms with Crippen LogP contribution in [0.25, 0.3) is 11.1 Å². The fourth-order valence-electron chi connectivity index (χ4n) is 2.43. The van der Waals surface area contributed by atoms with Crippen LogP contribution in [0.3, 0.4) is 0 Å². The molecule has 4 N–H and O–H groups in total. The van der Waals surface area contributed by atoms with E-state index in [4.69, 9.17) is 27.5 Å². The molecule has 25 heavy (non-hydrogen) atoms. The summed E-state index contributed by atoms with van der Waals surface area (Å²) in [6, 6.07) is 8.23. The van der Waals surface area contributed by atoms with Gasteiger partial charge in [0, 0.05) is 16.5 Å². The minimum atomic E-state index is -1.26. The summed E-state index contributed by atoms with van der Waals surface area (Å²) in [4.78, 5) is 22.0. The monoisotopic (exact) mass is 387 g/mol. The molecular weight excluding hydrogens is 372 g/mol. The Morgan fingerprint density at radius 1 is 1.16 bits per heavy atom. The van der Waals surface area contributed by atoms with Gasteiger partial charge in [0.05, 0.1) is 12.0 Å². The fraction of sp³-hybridized carbons (Fsp3) is 0.176. The summed E-state index contributed by atoms with van der Waals surface area (Å²) in [5, 5.41) is 18.3. The number of aromatic carboxylic acids is 1. The first-order valence-electron chi connectivity index (χ1n) is 7.07. The number of nitrogens with two attached hydrogens (primary N) is 1. The van der Waals surface area contributed by atoms with Crippen LogP contribution in [-0.2, 0) is 4.79 Å². The highest BCUT2D eigenvalue weighted by molar-refractivity contribution is 6.33. The Hall–Kier alpha value is -2.15. The zero-order chi connectivity index (χ0) is 17.9. The minimum Gasteiger partial charge on any atom is -0.481 e. The second kappa shape index (κ2) is 8.80. The molecule has 0 bridgehead atoms. The maximum Gasteiger partial charge on any atom is 0.335 e. The Morgan fingerprint density at radius 3 is 2.40 bits per heavy atom. The van der Waals surface area contributed by atoms with Gasteiger partial charge in [0.15, 0.2) is 0 Å². The van der Waals surface area contributed by atoms with Gasteiger partial charge in [-0.15, -0.1) is 12.4 Å². The molecule has 2 aromatic rings. The lowest BCUT2D eigenvalue weighted by Gasteiger charge is -2.15. The van der Waals surface area contributed by atoms with E-state index in [0.29, 0.717) is 21.7 Å². The van der Waals surface area contributed by atoms with Crippen LogP contribution in [0.5, 0.6) is 0 Å². The Kier molecular flexibility index (Phi) is 7.36. The van der Waals surface area contributed by atoms with Gasteiger partial charge >= 0.3 is 11.9 Å². The number of benzene rings is 2. The van der Waals surface area contributed by atoms with Crippen molar-refractivity contribution in [3.05, 3.63) is 58.4 Å². The third kappa shape index (κ3) is 5.16. The first kappa shape index (κ1) is 20.9. The summed E-state index contributed by atoms with van der Waals surface area (Å²) >= 11 is 6.15. The quantitative estimate of drug-likeness (QED) is 0.699. The van der Waals surface area contributed by atoms with E-state index in [1.165, 1.54) is 12.1 Å². The van der Waals surface area contributed by atoms with Crippen LogP contribution in [0.1, 0.15) is 28.3 Å². The highest BCUT2D eigenvalue weighted by atomic mass is 35.5. The molecule has 5 nitrogen and oxygen atoms in total. The fourth-order valence-corrected chi connectivity index (χ4v) is 2.66. The first-order valence-corrected chi connectivity index (χ1v) is 7.45. The Balaban J connectivity index is 0.00000312. The van der Waals surface area contributed by atoms with Crippen molar-refractivity contribution in [2.24, 2.45) is 5.73 Å². The van der Waals surface area contributed by atoms with Crippen molar-refractivity contribution in [1.29, 1.82) is 0 Å². The summed E-state index contributed by atoms with van der Waals surface area (Å²) in [5.74, 6) is -3.37. The molecule has 0 fully saturated rings. The summed E-state index contributed by atoms with van der Waals surface area (Å²) < 4.78 is 13.7. The van der Waals surface area contributed by atoms with Crippen molar-refractivity contribution in [2.45, 2.75) is 12.3 Å². The molecule has 134 valence electrons. The van der Waals surface area contributed by atoms with E-state index in [-0.39, 0.29) is 30.9 Å². The molecule has 0 saturated heterocycles. The van der Waals surface area contributed by atoms with E-state index in [9.17, 15) is 14.0 Å². The van der Waals surface area contributed by atoms with Gasteiger partial charge in [0.2, 0.25) is 0 Å². The smallest absolute Gasteiger partial charge is 0.335 e. The molecule has 0 amide bonds. The third-order valence-corrected chi connectivity index (χ3v) is 3.95. The average molecular weight is 388 g/mol. The van der Waals surface area contributed by atoms with Crippen molar-refractivity contribution >= 4 is 35.9 Å². The Bertz CT molecular complexity index is 798. The van der Waals surface area contributed by atoms with Gasteiger partial charge in [-0.05, 0) is 48.0 Å². The third-order valence-electron chi connectivity index (χ3n) is 3.62. The molecule has 0 aliphatic heterocycles. The lowest BCUT2D eigenvalue weighted by Crippen LogP contribution is -2.16. The zero-order valence-corrected chi connectivity index (χ0v) is 14.5. The molecule has 2 aromatic carbocycles. The number of carboxylic acid groups (broad SMARTS) is 2. The molecule has 0 saturated carbocycles. The van der Waals surface area contributed by atoms with Gasteiger partial charge in [0.25, 0.3) is 0 Å². The number of rotatable bonds is 6. The normalized spacial score (nSPS) is 11.5. The molecule has 0 spiro atoms. The molecular formula is C17H16Cl2FNO4. The second-order valence-corrected chi connectivity index (χ2v) is 5.71. The summed E-state index contributed by atoms with van der Waals surface area (Å²) in [6.07, 6.45) is -0.152. The Morgan fingerprint density at radius 2 is 1.84 bits per heavy atom. The lowest BCUT2D eigenvalue weighted by molar-refractivity contribution is -0.137. The molecule has 0 unspecified atom stereocenters. The van der Waals surface area contributed by atoms with Crippen molar-refractivity contribution in [3.63, 3.8) is 0 Å². The number of hydrogen-bond acceptors (Lipinski definition) is 3. The molecule has 2 rings (SSSR count). The Labute approximate surface area is 154 Å². The molecule has 1 atom stereocenters. The predicted molar refractivity (Wildman–Crippen MR) is 95.1 cm³/mol. The van der Waals surface area contributed by atoms with E-state index >= 15 is 0 Å². The zero-order valence-electron chi connectivity index (χ0n) is 12.9. The number of carboxylic acids is 2. The van der Waals surface area contributed by atoms with E-state index < -0.39 is 23.7 Å². The maximum atomic E-state index is 13.7. The van der Waals surface area contributed by atoms with E-state index in [2.05, 4.69) is 0 Å². The SMILES string of the molecule is Cl.NC[C@H](CC(=O)O)c1ccc(Cl)c(-c2cc(F)cc(C(=O)O)c2)c1. The van der Waals surface area contributed by atoms with E-state index in [1.807, 2.05) is 0 Å². The van der Waals surface area contributed by atoms with Gasteiger partial charge in [-0.1, -0.05) is 17.7 Å². The highest BCUT2D eigenvalue weighted by Crippen LogP contribution is 2.33. The standard InChI is InChI=1S/C17H15ClFNO4.ClH/c18-15-2-1-9(12(8-20)7-16(21)22)6-14(15)10-3-11(17(23)24)5-13(19)4-10;/h1-6,12H,7-8,20H2,(H,21,22)(H,23,24);1H/t12-;/m0./s1. The molecule has 8 heteroatoms. The van der Waals surface area contributed by atoms with Crippen LogP contribution < -0.4 is 5.73 Å². The molecule has 0 radical (unpaired) electrons. The number of halogens is 3. The first-order chi connectivity index (χ1) is 11.3. The van der Waals surface area contributed by atoms with E-state index in [0.717, 1.165) is 6.07 Å². The minimum absolute atomic E-state index is 0. The maximum absolute atomic E-state index is 13.7. The van der Waals surface area contributed by atoms with Gasteiger partial charge < -0.3 is 15.9 Å². The van der Waals surface area contributed by atoms with Crippen LogP contribution in [0.2, 0.25) is 5.02 Å². The molecule has 0 heterocycles. The van der Waals surface area contributed by atoms with Gasteiger partial charge in [0.1, 0.15) is 5.82 Å². The van der Waals surface area contributed by atoms with Crippen LogP contribution in [0, 0.1) is 5.82 Å². The van der Waals surface area contributed by atoms with Crippen LogP contribution >= 0.6 is 24.0 Å². The molecule has 0 aliphatic carbocycles. The van der Waals surface area contributed by atoms with Crippen LogP contribution in [0.15, 0.2) is 36.4 Å². The lowest BCUT2D eigenvalue weighted by atomic mass is 9.92. The van der Waals surface area contributed by atoms with E-state index in [1.54, 1.807) is 18.2 Å². The highest BCUT2D eigenvalue weighted by Gasteiger charge is 2.17. The number of hydrogen-bond donors (Lipinski definition) is 3. The number of carbonyl (C=O) groups is 2. The van der Waals surface area contributed by atoms with Crippen molar-refractivity contribution in [3.8, 4) is 11.1 Å². The molecule has 0 aromatic heterocycles. The van der Waals surface area contributed by atoms with Crippen molar-refractivity contribution < 1.29 is 24.2 Å². The average Bonchev–Trinajstić information content (AvgIpc) is 2.52. The second-order valence-electron chi connectivity index (χ2n) is 5.30. The largest absolute Gasteiger partial charge is 0.481 e. The van der Waals surface area contributed by atoms with Crippen molar-refractivity contribution in [2.75, 3.05) is 6.54 Å². The number of aliphatic carboxylic acids is 1. The summed E-state index contributed by atoms with van der Waals surface area (Å²) in [5.41, 5.74) is 6.78. The summed E-state index contributed by atoms with van der Waals surface area (Å²) in [6.45, 7) is 0.122. The van der Waals surface area contributed by atoms with Crippen LogP contribution in [-0.4, -0.2) is 28.7 Å². The van der Waals surface area contributed by atoms with Gasteiger partial charge in [-0.25, -0.2) is 9.18 Å². The molecule has 0 aliphatic rings. The summed E-state index contributed by atoms with van der Waals surface area (Å²) in [7, 11) is 0. The van der Waals surface area contributed by atoms with Gasteiger partial charge in [-0.2, -0.15) is 0 Å². The topological polar surface area (TPSA) is 101 Å². The van der Waals surface area contributed by atoms with Crippen LogP contribution in [0.4, 0.5) is 4.39 Å². The predicted octanol–water partition coefficient (Wildman–Crippen LogP) is 3.78. The van der Waals surface area contributed by atoms with Crippen molar-refractivity contribution in [1.82, 2.24) is 0 Å². The van der Waals surface area contributed by atoms with Gasteiger partial charge in [-0.3, -0.25) is 4.79 Å².